The van der Waals surface area contributed by atoms with Crippen LogP contribution in [0.4, 0.5) is 0 Å². The van der Waals surface area contributed by atoms with E-state index in [-0.39, 0.29) is 17.6 Å². The van der Waals surface area contributed by atoms with Crippen LogP contribution in [0.1, 0.15) is 115 Å². The first kappa shape index (κ1) is 42.0. The van der Waals surface area contributed by atoms with E-state index in [0.717, 1.165) is 35.4 Å². The highest BCUT2D eigenvalue weighted by Crippen LogP contribution is 2.10. The molecule has 38 heavy (non-hydrogen) atoms. The summed E-state index contributed by atoms with van der Waals surface area (Å²) in [5.74, 6) is 2.53. The fourth-order valence-corrected chi connectivity index (χ4v) is 2.65. The van der Waals surface area contributed by atoms with Gasteiger partial charge < -0.3 is 10.1 Å². The number of carbonyl (C=O) groups is 1. The number of allylic oxidation sites excluding steroid dienone is 2. The molecular weight excluding hydrogens is 468 g/mol. The number of hydrogen-bond acceptors (Lipinski definition) is 4. The maximum Gasteiger partial charge on any atom is 0.303 e. The summed E-state index contributed by atoms with van der Waals surface area (Å²) in [6.45, 7) is 31.2. The van der Waals surface area contributed by atoms with Crippen molar-refractivity contribution in [3.05, 3.63) is 71.6 Å². The van der Waals surface area contributed by atoms with Gasteiger partial charge in [0.25, 0.3) is 0 Å². The van der Waals surface area contributed by atoms with Gasteiger partial charge in [-0.1, -0.05) is 109 Å². The smallest absolute Gasteiger partial charge is 0.303 e. The van der Waals surface area contributed by atoms with Gasteiger partial charge in [-0.05, 0) is 59.1 Å². The Bertz CT molecular complexity index is 864. The van der Waals surface area contributed by atoms with E-state index in [9.17, 15) is 4.79 Å². The van der Waals surface area contributed by atoms with E-state index in [0.29, 0.717) is 0 Å². The molecule has 0 saturated carbocycles. The second-order valence-corrected chi connectivity index (χ2v) is 8.63. The van der Waals surface area contributed by atoms with Crippen LogP contribution in [-0.4, -0.2) is 23.3 Å². The standard InChI is InChI=1S/C22H28N2.C6H12O2.3C2H6/c1-7-12-17(3)15-22(8-2)24-19(5)18(4)16-23-20(6)21-13-10-9-11-14-21;1-5(7)8-6(2,3)4;3*1-2/h2,9-11,13-16,22,24H,5,7,12H2,1,3-4,6H3;1-4H3;3*1-2H3/b17-15+,18-16-,23-20?;;;;. The summed E-state index contributed by atoms with van der Waals surface area (Å²) in [6, 6.07) is 9.96. The molecular formula is C34H58N2O2. The SMILES string of the molecule is C#CC(/C=C(\C)CCC)NC(=C)/C(C)=C\N=C(C)c1ccccc1.CC.CC.CC.CC(=O)OC(C)(C)C. The molecule has 1 atom stereocenters. The van der Waals surface area contributed by atoms with Crippen molar-refractivity contribution in [3.8, 4) is 12.3 Å². The Balaban J connectivity index is -0.000000345. The molecule has 0 aliphatic heterocycles. The Kier molecular flexibility index (Phi) is 29.9. The van der Waals surface area contributed by atoms with Gasteiger partial charge in [-0.3, -0.25) is 9.79 Å². The molecule has 0 radical (unpaired) electrons. The predicted molar refractivity (Wildman–Crippen MR) is 172 cm³/mol. The number of terminal acetylenes is 1. The van der Waals surface area contributed by atoms with Gasteiger partial charge >= 0.3 is 5.97 Å². The second kappa shape index (κ2) is 27.0. The summed E-state index contributed by atoms with van der Waals surface area (Å²) in [7, 11) is 0. The fraction of sp³-hybridized carbons (Fsp3) is 0.529. The molecule has 0 saturated heterocycles. The molecule has 0 fully saturated rings. The number of rotatable bonds is 8. The van der Waals surface area contributed by atoms with Crippen molar-refractivity contribution in [2.45, 2.75) is 121 Å². The molecule has 0 bridgehead atoms. The van der Waals surface area contributed by atoms with Gasteiger partial charge in [-0.15, -0.1) is 6.42 Å². The maximum atomic E-state index is 10.2. The molecule has 0 aliphatic carbocycles. The van der Waals surface area contributed by atoms with Crippen LogP contribution in [0.15, 0.2) is 71.0 Å². The average Bonchev–Trinajstić information content (AvgIpc) is 2.89. The van der Waals surface area contributed by atoms with Gasteiger partial charge in [-0.25, -0.2) is 0 Å². The zero-order valence-corrected chi connectivity index (χ0v) is 27.1. The second-order valence-electron chi connectivity index (χ2n) is 8.63. The van der Waals surface area contributed by atoms with Crippen LogP contribution in [0.2, 0.25) is 0 Å². The number of benzene rings is 1. The molecule has 1 aromatic carbocycles. The Hall–Kier alpha value is -3.06. The Morgan fingerprint density at radius 2 is 1.55 bits per heavy atom. The zero-order valence-electron chi connectivity index (χ0n) is 27.1. The lowest BCUT2D eigenvalue weighted by Crippen LogP contribution is -2.25. The van der Waals surface area contributed by atoms with Crippen molar-refractivity contribution in [2.75, 3.05) is 0 Å². The highest BCUT2D eigenvalue weighted by molar-refractivity contribution is 5.99. The lowest BCUT2D eigenvalue weighted by atomic mass is 10.1. The maximum absolute atomic E-state index is 10.2. The number of hydrogen-bond donors (Lipinski definition) is 1. The molecule has 1 N–H and O–H groups in total. The number of ether oxygens (including phenoxy) is 1. The van der Waals surface area contributed by atoms with Gasteiger partial charge in [0.15, 0.2) is 0 Å². The highest BCUT2D eigenvalue weighted by Gasteiger charge is 2.11. The fourth-order valence-electron chi connectivity index (χ4n) is 2.65. The summed E-state index contributed by atoms with van der Waals surface area (Å²) >= 11 is 0. The van der Waals surface area contributed by atoms with Crippen LogP contribution in [0, 0.1) is 12.3 Å². The summed E-state index contributed by atoms with van der Waals surface area (Å²) in [5.41, 5.74) is 4.80. The van der Waals surface area contributed by atoms with Crippen molar-refractivity contribution >= 4 is 11.7 Å². The van der Waals surface area contributed by atoms with Crippen LogP contribution in [0.5, 0.6) is 0 Å². The minimum absolute atomic E-state index is 0.147. The average molecular weight is 527 g/mol. The molecule has 0 aliphatic rings. The van der Waals surface area contributed by atoms with Crippen LogP contribution in [-0.2, 0) is 9.53 Å². The third-order valence-corrected chi connectivity index (χ3v) is 4.17. The van der Waals surface area contributed by atoms with Crippen LogP contribution < -0.4 is 5.32 Å². The summed E-state index contributed by atoms with van der Waals surface area (Å²) in [5, 5.41) is 3.27. The molecule has 4 heteroatoms. The molecule has 0 heterocycles. The number of carbonyl (C=O) groups excluding carboxylic acids is 1. The molecule has 0 aromatic heterocycles. The lowest BCUT2D eigenvalue weighted by molar-refractivity contribution is -0.151. The number of nitrogens with zero attached hydrogens (tertiary/aromatic N) is 1. The third-order valence-electron chi connectivity index (χ3n) is 4.17. The number of nitrogens with one attached hydrogen (secondary N) is 1. The summed E-state index contributed by atoms with van der Waals surface area (Å²) in [6.07, 6.45) is 11.7. The molecule has 0 amide bonds. The summed E-state index contributed by atoms with van der Waals surface area (Å²) in [4.78, 5) is 14.8. The molecule has 1 rings (SSSR count). The van der Waals surface area contributed by atoms with Gasteiger partial charge in [-0.2, -0.15) is 0 Å². The van der Waals surface area contributed by atoms with E-state index in [1.807, 2.05) is 113 Å². The van der Waals surface area contributed by atoms with Gasteiger partial charge in [0, 0.05) is 24.5 Å². The predicted octanol–water partition coefficient (Wildman–Crippen LogP) is 9.68. The largest absolute Gasteiger partial charge is 0.460 e. The lowest BCUT2D eigenvalue weighted by Gasteiger charge is -2.17. The van der Waals surface area contributed by atoms with E-state index in [2.05, 4.69) is 42.7 Å². The van der Waals surface area contributed by atoms with Crippen molar-refractivity contribution < 1.29 is 9.53 Å². The van der Waals surface area contributed by atoms with Crippen molar-refractivity contribution in [1.82, 2.24) is 5.32 Å². The van der Waals surface area contributed by atoms with Crippen molar-refractivity contribution in [1.29, 1.82) is 0 Å². The number of aliphatic imine (C=N–C) groups is 1. The Labute approximate surface area is 236 Å². The van der Waals surface area contributed by atoms with E-state index in [4.69, 9.17) is 11.2 Å². The topological polar surface area (TPSA) is 50.7 Å². The molecule has 1 unspecified atom stereocenters. The zero-order chi connectivity index (χ0) is 30.7. The highest BCUT2D eigenvalue weighted by atomic mass is 16.6. The monoisotopic (exact) mass is 526 g/mol. The quantitative estimate of drug-likeness (QED) is 0.121. The summed E-state index contributed by atoms with van der Waals surface area (Å²) < 4.78 is 4.80. The van der Waals surface area contributed by atoms with Gasteiger partial charge in [0.05, 0.1) is 0 Å². The molecule has 1 aromatic rings. The minimum atomic E-state index is -0.328. The minimum Gasteiger partial charge on any atom is -0.460 e. The first-order valence-corrected chi connectivity index (χ1v) is 13.9. The van der Waals surface area contributed by atoms with Crippen molar-refractivity contribution in [3.63, 3.8) is 0 Å². The van der Waals surface area contributed by atoms with Crippen molar-refractivity contribution in [2.24, 2.45) is 4.99 Å². The first-order chi connectivity index (χ1) is 17.9. The molecule has 0 spiro atoms. The molecule has 216 valence electrons. The Morgan fingerprint density at radius 3 is 1.92 bits per heavy atom. The third kappa shape index (κ3) is 26.0. The van der Waals surface area contributed by atoms with Gasteiger partial charge in [0.1, 0.15) is 11.6 Å². The molecule has 4 nitrogen and oxygen atoms in total. The van der Waals surface area contributed by atoms with Crippen LogP contribution in [0.25, 0.3) is 0 Å². The van der Waals surface area contributed by atoms with E-state index >= 15 is 0 Å². The van der Waals surface area contributed by atoms with Gasteiger partial charge in [0.2, 0.25) is 0 Å². The van der Waals surface area contributed by atoms with Crippen LogP contribution in [0.3, 0.4) is 0 Å². The van der Waals surface area contributed by atoms with E-state index in [1.165, 1.54) is 12.5 Å². The van der Waals surface area contributed by atoms with Crippen LogP contribution >= 0.6 is 0 Å². The normalized spacial score (nSPS) is 11.7. The van der Waals surface area contributed by atoms with E-state index in [1.54, 1.807) is 0 Å². The Morgan fingerprint density at radius 1 is 1.05 bits per heavy atom. The van der Waals surface area contributed by atoms with E-state index < -0.39 is 0 Å². The number of esters is 1. The first-order valence-electron chi connectivity index (χ1n) is 13.9.